The number of carbonyl (C=O) groups excluding carboxylic acids is 1. The van der Waals surface area contributed by atoms with Gasteiger partial charge in [-0.2, -0.15) is 0 Å². The van der Waals surface area contributed by atoms with E-state index in [1.54, 1.807) is 12.1 Å². The molecule has 0 bridgehead atoms. The van der Waals surface area contributed by atoms with E-state index in [1.165, 1.54) is 12.1 Å². The van der Waals surface area contributed by atoms with Crippen LogP contribution >= 0.6 is 0 Å². The smallest absolute Gasteiger partial charge is 0.247 e. The Labute approximate surface area is 113 Å². The van der Waals surface area contributed by atoms with Crippen LogP contribution in [0.15, 0.2) is 41.8 Å². The van der Waals surface area contributed by atoms with Gasteiger partial charge in [0, 0.05) is 12.2 Å². The van der Waals surface area contributed by atoms with Crippen molar-refractivity contribution < 1.29 is 13.2 Å². The number of hydrogen-bond acceptors (Lipinski definition) is 3. The van der Waals surface area contributed by atoms with Crippen molar-refractivity contribution in [1.82, 2.24) is 4.72 Å². The molecule has 0 fully saturated rings. The number of carbonyl (C=O) groups is 1. The molecule has 0 aliphatic carbocycles. The molecule has 1 rings (SSSR count). The SMILES string of the molecule is C=CC(=O)Nc1cccc(S(=O)(=O)NCC(C)C)c1. The van der Waals surface area contributed by atoms with Crippen molar-refractivity contribution in [1.29, 1.82) is 0 Å². The first-order valence-electron chi connectivity index (χ1n) is 5.88. The van der Waals surface area contributed by atoms with Gasteiger partial charge >= 0.3 is 0 Å². The third-order valence-corrected chi connectivity index (χ3v) is 3.70. The molecule has 0 atom stereocenters. The van der Waals surface area contributed by atoms with Gasteiger partial charge in [-0.25, -0.2) is 13.1 Å². The number of amides is 1. The predicted octanol–water partition coefficient (Wildman–Crippen LogP) is 1.75. The molecule has 0 aliphatic rings. The van der Waals surface area contributed by atoms with Gasteiger partial charge < -0.3 is 5.32 Å². The monoisotopic (exact) mass is 282 g/mol. The van der Waals surface area contributed by atoms with Gasteiger partial charge in [0.1, 0.15) is 0 Å². The van der Waals surface area contributed by atoms with Crippen LogP contribution in [0, 0.1) is 5.92 Å². The number of anilines is 1. The highest BCUT2D eigenvalue weighted by Gasteiger charge is 2.14. The van der Waals surface area contributed by atoms with Crippen molar-refractivity contribution in [2.24, 2.45) is 5.92 Å². The van der Waals surface area contributed by atoms with Crippen molar-refractivity contribution >= 4 is 21.6 Å². The Hall–Kier alpha value is -1.66. The minimum Gasteiger partial charge on any atom is -0.322 e. The summed E-state index contributed by atoms with van der Waals surface area (Å²) in [6.07, 6.45) is 1.12. The molecule has 0 saturated heterocycles. The fraction of sp³-hybridized carbons (Fsp3) is 0.308. The molecule has 1 aromatic rings. The van der Waals surface area contributed by atoms with Gasteiger partial charge in [0.2, 0.25) is 15.9 Å². The molecule has 0 radical (unpaired) electrons. The summed E-state index contributed by atoms with van der Waals surface area (Å²) in [6, 6.07) is 6.07. The number of rotatable bonds is 6. The average molecular weight is 282 g/mol. The van der Waals surface area contributed by atoms with Crippen LogP contribution in [0.2, 0.25) is 0 Å². The van der Waals surface area contributed by atoms with Crippen molar-refractivity contribution in [3.8, 4) is 0 Å². The molecule has 1 amide bonds. The van der Waals surface area contributed by atoms with E-state index < -0.39 is 10.0 Å². The number of benzene rings is 1. The molecule has 1 aromatic carbocycles. The molecule has 6 heteroatoms. The van der Waals surface area contributed by atoms with E-state index in [-0.39, 0.29) is 16.7 Å². The lowest BCUT2D eigenvalue weighted by Crippen LogP contribution is -2.27. The molecular formula is C13H18N2O3S. The lowest BCUT2D eigenvalue weighted by molar-refractivity contribution is -0.111. The Morgan fingerprint density at radius 3 is 2.68 bits per heavy atom. The number of sulfonamides is 1. The summed E-state index contributed by atoms with van der Waals surface area (Å²) in [6.45, 7) is 7.54. The molecule has 0 heterocycles. The van der Waals surface area contributed by atoms with Crippen LogP contribution in [0.3, 0.4) is 0 Å². The van der Waals surface area contributed by atoms with Crippen LogP contribution in [0.5, 0.6) is 0 Å². The van der Waals surface area contributed by atoms with E-state index in [0.29, 0.717) is 12.2 Å². The Bertz CT molecular complexity index is 565. The first kappa shape index (κ1) is 15.4. The maximum absolute atomic E-state index is 12.0. The zero-order chi connectivity index (χ0) is 14.5. The van der Waals surface area contributed by atoms with Gasteiger partial charge in [0.25, 0.3) is 0 Å². The quantitative estimate of drug-likeness (QED) is 0.780. The van der Waals surface area contributed by atoms with Crippen LogP contribution in [0.4, 0.5) is 5.69 Å². The van der Waals surface area contributed by atoms with Crippen LogP contribution in [0.25, 0.3) is 0 Å². The first-order valence-corrected chi connectivity index (χ1v) is 7.36. The second-order valence-electron chi connectivity index (χ2n) is 4.47. The highest BCUT2D eigenvalue weighted by atomic mass is 32.2. The topological polar surface area (TPSA) is 75.3 Å². The summed E-state index contributed by atoms with van der Waals surface area (Å²) in [5, 5.41) is 2.52. The Kier molecular flexibility index (Phi) is 5.26. The molecule has 0 aliphatic heterocycles. The zero-order valence-electron chi connectivity index (χ0n) is 11.0. The first-order chi connectivity index (χ1) is 8.85. The van der Waals surface area contributed by atoms with Crippen LogP contribution in [0.1, 0.15) is 13.8 Å². The number of hydrogen-bond donors (Lipinski definition) is 2. The maximum Gasteiger partial charge on any atom is 0.247 e. The molecule has 0 unspecified atom stereocenters. The summed E-state index contributed by atoms with van der Waals surface area (Å²) < 4.78 is 26.5. The van der Waals surface area contributed by atoms with Crippen molar-refractivity contribution in [2.45, 2.75) is 18.7 Å². The average Bonchev–Trinajstić information content (AvgIpc) is 2.36. The molecule has 0 saturated carbocycles. The summed E-state index contributed by atoms with van der Waals surface area (Å²) in [4.78, 5) is 11.3. The normalized spacial score (nSPS) is 11.3. The summed E-state index contributed by atoms with van der Waals surface area (Å²) >= 11 is 0. The highest BCUT2D eigenvalue weighted by Crippen LogP contribution is 2.15. The summed E-state index contributed by atoms with van der Waals surface area (Å²) in [5.41, 5.74) is 0.414. The molecule has 0 aromatic heterocycles. The molecule has 5 nitrogen and oxygen atoms in total. The Morgan fingerprint density at radius 1 is 1.42 bits per heavy atom. The van der Waals surface area contributed by atoms with Crippen molar-refractivity contribution in [3.05, 3.63) is 36.9 Å². The highest BCUT2D eigenvalue weighted by molar-refractivity contribution is 7.89. The minimum atomic E-state index is -3.55. The zero-order valence-corrected chi connectivity index (χ0v) is 11.8. The maximum atomic E-state index is 12.0. The second kappa shape index (κ2) is 6.49. The molecule has 2 N–H and O–H groups in total. The van der Waals surface area contributed by atoms with Crippen LogP contribution < -0.4 is 10.0 Å². The van der Waals surface area contributed by atoms with Gasteiger partial charge in [-0.3, -0.25) is 4.79 Å². The Balaban J connectivity index is 2.92. The van der Waals surface area contributed by atoms with Crippen LogP contribution in [-0.4, -0.2) is 20.9 Å². The van der Waals surface area contributed by atoms with Gasteiger partial charge in [-0.1, -0.05) is 26.5 Å². The van der Waals surface area contributed by atoms with E-state index in [1.807, 2.05) is 13.8 Å². The molecule has 104 valence electrons. The van der Waals surface area contributed by atoms with Gasteiger partial charge in [-0.15, -0.1) is 0 Å². The second-order valence-corrected chi connectivity index (χ2v) is 6.23. The third kappa shape index (κ3) is 4.84. The predicted molar refractivity (Wildman–Crippen MR) is 75.3 cm³/mol. The molecule has 19 heavy (non-hydrogen) atoms. The summed E-state index contributed by atoms with van der Waals surface area (Å²) in [7, 11) is -3.55. The lowest BCUT2D eigenvalue weighted by Gasteiger charge is -2.10. The van der Waals surface area contributed by atoms with Gasteiger partial charge in [-0.05, 0) is 30.2 Å². The largest absolute Gasteiger partial charge is 0.322 e. The Morgan fingerprint density at radius 2 is 2.11 bits per heavy atom. The van der Waals surface area contributed by atoms with E-state index in [0.717, 1.165) is 6.08 Å². The molecule has 0 spiro atoms. The van der Waals surface area contributed by atoms with Crippen LogP contribution in [-0.2, 0) is 14.8 Å². The minimum absolute atomic E-state index is 0.120. The number of nitrogens with one attached hydrogen (secondary N) is 2. The van der Waals surface area contributed by atoms with E-state index >= 15 is 0 Å². The third-order valence-electron chi connectivity index (χ3n) is 2.28. The van der Waals surface area contributed by atoms with Crippen molar-refractivity contribution in [3.63, 3.8) is 0 Å². The fourth-order valence-electron chi connectivity index (χ4n) is 1.29. The van der Waals surface area contributed by atoms with E-state index in [2.05, 4.69) is 16.6 Å². The van der Waals surface area contributed by atoms with Gasteiger partial charge in [0.05, 0.1) is 4.90 Å². The van der Waals surface area contributed by atoms with E-state index in [4.69, 9.17) is 0 Å². The van der Waals surface area contributed by atoms with Gasteiger partial charge in [0.15, 0.2) is 0 Å². The lowest BCUT2D eigenvalue weighted by atomic mass is 10.2. The summed E-state index contributed by atoms with van der Waals surface area (Å²) in [5.74, 6) is -0.164. The molecular weight excluding hydrogens is 264 g/mol. The standard InChI is InChI=1S/C13H18N2O3S/c1-4-13(16)15-11-6-5-7-12(8-11)19(17,18)14-9-10(2)3/h4-8,10,14H,1,9H2,2-3H3,(H,15,16). The van der Waals surface area contributed by atoms with E-state index in [9.17, 15) is 13.2 Å². The fourth-order valence-corrected chi connectivity index (χ4v) is 2.55. The van der Waals surface area contributed by atoms with Crippen molar-refractivity contribution in [2.75, 3.05) is 11.9 Å².